The molecule has 0 radical (unpaired) electrons. The maximum Gasteiger partial charge on any atom is 0.0912 e. The SMILES string of the molecule is NCC(c1ccccc1Cl)n1ncc2ccccc21. The van der Waals surface area contributed by atoms with Gasteiger partial charge in [0.25, 0.3) is 0 Å². The molecule has 1 atom stereocenters. The maximum atomic E-state index is 6.27. The second-order valence-corrected chi connectivity index (χ2v) is 4.83. The minimum atomic E-state index is -0.0476. The van der Waals surface area contributed by atoms with E-state index in [4.69, 9.17) is 17.3 Å². The lowest BCUT2D eigenvalue weighted by Gasteiger charge is -2.18. The third-order valence-corrected chi connectivity index (χ3v) is 3.63. The van der Waals surface area contributed by atoms with E-state index in [1.54, 1.807) is 0 Å². The van der Waals surface area contributed by atoms with Crippen molar-refractivity contribution in [1.82, 2.24) is 9.78 Å². The van der Waals surface area contributed by atoms with Crippen LogP contribution < -0.4 is 5.73 Å². The molecule has 0 fully saturated rings. The van der Waals surface area contributed by atoms with Crippen LogP contribution in [-0.4, -0.2) is 16.3 Å². The Morgan fingerprint density at radius 2 is 1.84 bits per heavy atom. The van der Waals surface area contributed by atoms with Gasteiger partial charge >= 0.3 is 0 Å². The Bertz CT molecular complexity index is 705. The van der Waals surface area contributed by atoms with Gasteiger partial charge in [-0.1, -0.05) is 48.0 Å². The van der Waals surface area contributed by atoms with Gasteiger partial charge in [0.1, 0.15) is 0 Å². The quantitative estimate of drug-likeness (QED) is 0.795. The summed E-state index contributed by atoms with van der Waals surface area (Å²) in [5.74, 6) is 0. The lowest BCUT2D eigenvalue weighted by Crippen LogP contribution is -2.21. The first kappa shape index (κ1) is 12.2. The first-order valence-electron chi connectivity index (χ1n) is 6.18. The van der Waals surface area contributed by atoms with Gasteiger partial charge in [-0.15, -0.1) is 0 Å². The molecule has 0 aliphatic heterocycles. The van der Waals surface area contributed by atoms with Crippen molar-refractivity contribution < 1.29 is 0 Å². The molecule has 4 heteroatoms. The fourth-order valence-corrected chi connectivity index (χ4v) is 2.61. The molecule has 3 rings (SSSR count). The van der Waals surface area contributed by atoms with Crippen molar-refractivity contribution in [2.45, 2.75) is 6.04 Å². The molecule has 3 nitrogen and oxygen atoms in total. The topological polar surface area (TPSA) is 43.8 Å². The third kappa shape index (κ3) is 2.11. The Morgan fingerprint density at radius 1 is 1.11 bits per heavy atom. The highest BCUT2D eigenvalue weighted by Gasteiger charge is 2.17. The van der Waals surface area contributed by atoms with Gasteiger partial charge in [0.05, 0.1) is 17.8 Å². The number of hydrogen-bond donors (Lipinski definition) is 1. The Hall–Kier alpha value is -1.84. The van der Waals surface area contributed by atoms with Crippen LogP contribution in [-0.2, 0) is 0 Å². The number of rotatable bonds is 3. The molecular formula is C15H14ClN3. The predicted molar refractivity (Wildman–Crippen MR) is 78.4 cm³/mol. The zero-order valence-electron chi connectivity index (χ0n) is 10.3. The van der Waals surface area contributed by atoms with Crippen molar-refractivity contribution in [3.63, 3.8) is 0 Å². The van der Waals surface area contributed by atoms with Gasteiger partial charge in [0.2, 0.25) is 0 Å². The summed E-state index contributed by atoms with van der Waals surface area (Å²) in [4.78, 5) is 0. The van der Waals surface area contributed by atoms with Gasteiger partial charge in [-0.3, -0.25) is 4.68 Å². The van der Waals surface area contributed by atoms with Crippen LogP contribution in [0.1, 0.15) is 11.6 Å². The highest BCUT2D eigenvalue weighted by Crippen LogP contribution is 2.27. The number of halogens is 1. The monoisotopic (exact) mass is 271 g/mol. The van der Waals surface area contributed by atoms with Crippen LogP contribution in [0.4, 0.5) is 0 Å². The van der Waals surface area contributed by atoms with Crippen LogP contribution in [0, 0.1) is 0 Å². The van der Waals surface area contributed by atoms with E-state index in [2.05, 4.69) is 5.10 Å². The molecule has 0 bridgehead atoms. The minimum Gasteiger partial charge on any atom is -0.328 e. The van der Waals surface area contributed by atoms with Gasteiger partial charge < -0.3 is 5.73 Å². The first-order valence-corrected chi connectivity index (χ1v) is 6.56. The van der Waals surface area contributed by atoms with E-state index >= 15 is 0 Å². The smallest absolute Gasteiger partial charge is 0.0912 e. The Kier molecular flexibility index (Phi) is 3.23. The van der Waals surface area contributed by atoms with Crippen molar-refractivity contribution >= 4 is 22.5 Å². The molecule has 1 unspecified atom stereocenters. The van der Waals surface area contributed by atoms with Crippen LogP contribution in [0.15, 0.2) is 54.7 Å². The maximum absolute atomic E-state index is 6.27. The first-order chi connectivity index (χ1) is 9.31. The summed E-state index contributed by atoms with van der Waals surface area (Å²) in [5, 5.41) is 6.29. The molecule has 1 aromatic heterocycles. The Morgan fingerprint density at radius 3 is 2.63 bits per heavy atom. The predicted octanol–water partition coefficient (Wildman–Crippen LogP) is 3.24. The molecule has 0 amide bonds. The van der Waals surface area contributed by atoms with Gasteiger partial charge in [-0.05, 0) is 17.7 Å². The van der Waals surface area contributed by atoms with Crippen LogP contribution >= 0.6 is 11.6 Å². The summed E-state index contributed by atoms with van der Waals surface area (Å²) in [6, 6.07) is 15.8. The van der Waals surface area contributed by atoms with E-state index in [-0.39, 0.29) is 6.04 Å². The molecule has 96 valence electrons. The summed E-state index contributed by atoms with van der Waals surface area (Å²) in [6.07, 6.45) is 1.86. The molecule has 0 aliphatic carbocycles. The van der Waals surface area contributed by atoms with Crippen molar-refractivity contribution in [3.05, 3.63) is 65.3 Å². The van der Waals surface area contributed by atoms with E-state index in [0.29, 0.717) is 6.54 Å². The number of fused-ring (bicyclic) bond motifs is 1. The molecule has 0 saturated carbocycles. The van der Waals surface area contributed by atoms with Crippen LogP contribution in [0.2, 0.25) is 5.02 Å². The fourth-order valence-electron chi connectivity index (χ4n) is 2.34. The van der Waals surface area contributed by atoms with E-state index < -0.39 is 0 Å². The molecule has 2 N–H and O–H groups in total. The number of nitrogens with two attached hydrogens (primary N) is 1. The summed E-state index contributed by atoms with van der Waals surface area (Å²) in [7, 11) is 0. The molecule has 0 aliphatic rings. The normalized spacial score (nSPS) is 12.7. The van der Waals surface area contributed by atoms with E-state index in [1.807, 2.05) is 59.4 Å². The van der Waals surface area contributed by atoms with Crippen molar-refractivity contribution in [1.29, 1.82) is 0 Å². The fraction of sp³-hybridized carbons (Fsp3) is 0.133. The van der Waals surface area contributed by atoms with Gasteiger partial charge in [0.15, 0.2) is 0 Å². The highest BCUT2D eigenvalue weighted by molar-refractivity contribution is 6.31. The van der Waals surface area contributed by atoms with E-state index in [0.717, 1.165) is 21.5 Å². The third-order valence-electron chi connectivity index (χ3n) is 3.29. The number of benzene rings is 2. The van der Waals surface area contributed by atoms with Gasteiger partial charge in [-0.2, -0.15) is 5.10 Å². The lowest BCUT2D eigenvalue weighted by molar-refractivity contribution is 0.549. The second-order valence-electron chi connectivity index (χ2n) is 4.42. The van der Waals surface area contributed by atoms with E-state index in [1.165, 1.54) is 0 Å². The van der Waals surface area contributed by atoms with Crippen molar-refractivity contribution in [2.24, 2.45) is 5.73 Å². The van der Waals surface area contributed by atoms with E-state index in [9.17, 15) is 0 Å². The van der Waals surface area contributed by atoms with Gasteiger partial charge in [0, 0.05) is 17.0 Å². The zero-order chi connectivity index (χ0) is 13.2. The summed E-state index contributed by atoms with van der Waals surface area (Å²) >= 11 is 6.27. The number of hydrogen-bond acceptors (Lipinski definition) is 2. The summed E-state index contributed by atoms with van der Waals surface area (Å²) in [5.41, 5.74) is 8.00. The highest BCUT2D eigenvalue weighted by atomic mass is 35.5. The molecule has 0 spiro atoms. The summed E-state index contributed by atoms with van der Waals surface area (Å²) in [6.45, 7) is 0.454. The molecule has 1 heterocycles. The lowest BCUT2D eigenvalue weighted by atomic mass is 10.1. The van der Waals surface area contributed by atoms with Gasteiger partial charge in [-0.25, -0.2) is 0 Å². The average Bonchev–Trinajstić information content (AvgIpc) is 2.86. The van der Waals surface area contributed by atoms with Crippen LogP contribution in [0.3, 0.4) is 0 Å². The number of nitrogens with zero attached hydrogens (tertiary/aromatic N) is 2. The van der Waals surface area contributed by atoms with Crippen molar-refractivity contribution in [3.8, 4) is 0 Å². The molecule has 19 heavy (non-hydrogen) atoms. The van der Waals surface area contributed by atoms with Crippen LogP contribution in [0.25, 0.3) is 10.9 Å². The zero-order valence-corrected chi connectivity index (χ0v) is 11.1. The molecule has 3 aromatic rings. The van der Waals surface area contributed by atoms with Crippen molar-refractivity contribution in [2.75, 3.05) is 6.54 Å². The van der Waals surface area contributed by atoms with Crippen LogP contribution in [0.5, 0.6) is 0 Å². The number of para-hydroxylation sites is 1. The largest absolute Gasteiger partial charge is 0.328 e. The number of aromatic nitrogens is 2. The standard InChI is InChI=1S/C15H14ClN3/c16-13-7-3-2-6-12(13)15(9-17)19-14-8-4-1-5-11(14)10-18-19/h1-8,10,15H,9,17H2. The molecular weight excluding hydrogens is 258 g/mol. The molecule has 2 aromatic carbocycles. The summed E-state index contributed by atoms with van der Waals surface area (Å²) < 4.78 is 1.94. The average molecular weight is 272 g/mol. The Labute approximate surface area is 116 Å². The second kappa shape index (κ2) is 5.03. The molecule has 0 saturated heterocycles. The Balaban J connectivity index is 2.15. The minimum absolute atomic E-state index is 0.0476.